The molecular weight excluding hydrogens is 498 g/mol. The molecule has 4 N–H and O–H groups in total. The molecule has 2 aromatic carbocycles. The molecule has 0 aliphatic rings. The Labute approximate surface area is 208 Å². The standard InChI is InChI=1S/C26H24N2O6P2/c29-35(30,31)25-7-3-23(4-8-25)19-27-15-11-21(12-16-27)1-2-22-13-17-28(18-14-22)20-24-5-9-26(10-6-24)36(32,33)34/h1-18H,19-20H2,(H2-2,29,30,31,32,33,34)/p+2. The van der Waals surface area contributed by atoms with E-state index in [1.165, 1.54) is 24.3 Å². The summed E-state index contributed by atoms with van der Waals surface area (Å²) in [6.07, 6.45) is 11.8. The molecule has 0 saturated heterocycles. The van der Waals surface area contributed by atoms with E-state index in [-0.39, 0.29) is 10.6 Å². The molecule has 4 rings (SSSR count). The van der Waals surface area contributed by atoms with E-state index in [1.54, 1.807) is 24.3 Å². The molecule has 0 aliphatic heterocycles. The maximum Gasteiger partial charge on any atom is 0.356 e. The molecule has 0 unspecified atom stereocenters. The molecule has 184 valence electrons. The fourth-order valence-electron chi connectivity index (χ4n) is 3.58. The minimum Gasteiger partial charge on any atom is -0.321 e. The zero-order valence-electron chi connectivity index (χ0n) is 19.2. The molecule has 0 saturated carbocycles. The normalized spacial score (nSPS) is 12.2. The van der Waals surface area contributed by atoms with Gasteiger partial charge in [-0.1, -0.05) is 36.4 Å². The molecule has 10 heteroatoms. The number of nitrogens with zero attached hydrogens (tertiary/aromatic N) is 2. The molecule has 0 fully saturated rings. The highest BCUT2D eigenvalue weighted by molar-refractivity contribution is 7.60. The van der Waals surface area contributed by atoms with Crippen molar-refractivity contribution in [2.24, 2.45) is 0 Å². The molecule has 0 aliphatic carbocycles. The quantitative estimate of drug-likeness (QED) is 0.207. The van der Waals surface area contributed by atoms with E-state index in [2.05, 4.69) is 0 Å². The Bertz CT molecular complexity index is 1330. The van der Waals surface area contributed by atoms with Crippen LogP contribution in [0.4, 0.5) is 0 Å². The lowest BCUT2D eigenvalue weighted by Gasteiger charge is -2.04. The fraction of sp³-hybridized carbons (Fsp3) is 0.0769. The molecule has 36 heavy (non-hydrogen) atoms. The summed E-state index contributed by atoms with van der Waals surface area (Å²) in [4.78, 5) is 36.9. The van der Waals surface area contributed by atoms with E-state index in [0.717, 1.165) is 22.3 Å². The van der Waals surface area contributed by atoms with Crippen LogP contribution in [0.5, 0.6) is 0 Å². The van der Waals surface area contributed by atoms with Gasteiger partial charge in [-0.05, 0) is 35.4 Å². The Hall–Kier alpha value is -3.22. The van der Waals surface area contributed by atoms with Gasteiger partial charge in [-0.15, -0.1) is 0 Å². The van der Waals surface area contributed by atoms with Crippen LogP contribution in [0.25, 0.3) is 12.2 Å². The van der Waals surface area contributed by atoms with Crippen molar-refractivity contribution in [1.82, 2.24) is 0 Å². The second-order valence-corrected chi connectivity index (χ2v) is 11.6. The van der Waals surface area contributed by atoms with Crippen LogP contribution >= 0.6 is 15.2 Å². The van der Waals surface area contributed by atoms with Gasteiger partial charge in [0.2, 0.25) is 0 Å². The first-order valence-corrected chi connectivity index (χ1v) is 14.3. The zero-order valence-corrected chi connectivity index (χ0v) is 21.0. The third-order valence-electron chi connectivity index (χ3n) is 5.58. The van der Waals surface area contributed by atoms with Gasteiger partial charge in [0.05, 0.1) is 10.6 Å². The van der Waals surface area contributed by atoms with Crippen molar-refractivity contribution in [3.05, 3.63) is 120 Å². The van der Waals surface area contributed by atoms with Crippen molar-refractivity contribution in [2.75, 3.05) is 0 Å². The van der Waals surface area contributed by atoms with Gasteiger partial charge in [-0.2, -0.15) is 0 Å². The summed E-state index contributed by atoms with van der Waals surface area (Å²) >= 11 is 0. The molecular formula is C26H26N2O6P2+2. The first-order chi connectivity index (χ1) is 17.1. The summed E-state index contributed by atoms with van der Waals surface area (Å²) < 4.78 is 26.6. The second-order valence-electron chi connectivity index (χ2n) is 8.36. The Kier molecular flexibility index (Phi) is 7.76. The van der Waals surface area contributed by atoms with Gasteiger partial charge in [0.1, 0.15) is 0 Å². The third-order valence-corrected chi connectivity index (χ3v) is 7.52. The largest absolute Gasteiger partial charge is 0.356 e. The van der Waals surface area contributed by atoms with Gasteiger partial charge >= 0.3 is 15.2 Å². The Morgan fingerprint density at radius 1 is 0.528 bits per heavy atom. The van der Waals surface area contributed by atoms with Crippen LogP contribution in [0.15, 0.2) is 97.6 Å². The second kappa shape index (κ2) is 10.8. The lowest BCUT2D eigenvalue weighted by molar-refractivity contribution is -0.688. The summed E-state index contributed by atoms with van der Waals surface area (Å²) in [7, 11) is -8.45. The summed E-state index contributed by atoms with van der Waals surface area (Å²) in [5.41, 5.74) is 3.95. The van der Waals surface area contributed by atoms with Crippen molar-refractivity contribution in [1.29, 1.82) is 0 Å². The maximum atomic E-state index is 11.3. The molecule has 0 amide bonds. The van der Waals surface area contributed by atoms with Crippen molar-refractivity contribution < 1.29 is 37.8 Å². The predicted molar refractivity (Wildman–Crippen MR) is 137 cm³/mol. The first kappa shape index (κ1) is 25.9. The molecule has 2 heterocycles. The molecule has 8 nitrogen and oxygen atoms in total. The minimum absolute atomic E-state index is 0.0139. The van der Waals surface area contributed by atoms with E-state index < -0.39 is 15.2 Å². The van der Waals surface area contributed by atoms with Crippen LogP contribution in [0, 0.1) is 0 Å². The smallest absolute Gasteiger partial charge is 0.321 e. The Morgan fingerprint density at radius 2 is 0.833 bits per heavy atom. The van der Waals surface area contributed by atoms with E-state index in [1.807, 2.05) is 70.3 Å². The number of benzene rings is 2. The van der Waals surface area contributed by atoms with Crippen LogP contribution in [0.3, 0.4) is 0 Å². The van der Waals surface area contributed by atoms with Gasteiger partial charge in [0.25, 0.3) is 0 Å². The number of aromatic nitrogens is 2. The lowest BCUT2D eigenvalue weighted by atomic mass is 10.2. The van der Waals surface area contributed by atoms with Gasteiger partial charge in [0.15, 0.2) is 37.9 Å². The van der Waals surface area contributed by atoms with E-state index in [0.29, 0.717) is 13.1 Å². The topological polar surface area (TPSA) is 123 Å². The number of hydrogen-bond donors (Lipinski definition) is 4. The summed E-state index contributed by atoms with van der Waals surface area (Å²) in [5, 5.41) is 0.0278. The highest BCUT2D eigenvalue weighted by Crippen LogP contribution is 2.33. The van der Waals surface area contributed by atoms with Crippen LogP contribution in [-0.2, 0) is 22.2 Å². The average molecular weight is 524 g/mol. The fourth-order valence-corrected chi connectivity index (χ4v) is 4.65. The Morgan fingerprint density at radius 3 is 1.11 bits per heavy atom. The van der Waals surface area contributed by atoms with E-state index in [4.69, 9.17) is 0 Å². The predicted octanol–water partition coefficient (Wildman–Crippen LogP) is 2.13. The molecule has 0 spiro atoms. The molecule has 2 aromatic heterocycles. The molecule has 4 aromatic rings. The van der Waals surface area contributed by atoms with Gasteiger partial charge in [0, 0.05) is 35.4 Å². The third kappa shape index (κ3) is 7.15. The zero-order chi connectivity index (χ0) is 25.8. The highest BCUT2D eigenvalue weighted by Gasteiger charge is 2.17. The van der Waals surface area contributed by atoms with Crippen LogP contribution in [0.2, 0.25) is 0 Å². The molecule has 0 radical (unpaired) electrons. The summed E-state index contributed by atoms with van der Waals surface area (Å²) in [6, 6.07) is 20.7. The molecule has 0 atom stereocenters. The van der Waals surface area contributed by atoms with Gasteiger partial charge in [-0.25, -0.2) is 9.13 Å². The minimum atomic E-state index is -4.23. The number of pyridine rings is 2. The lowest BCUT2D eigenvalue weighted by Crippen LogP contribution is -2.33. The van der Waals surface area contributed by atoms with Gasteiger partial charge < -0.3 is 19.6 Å². The van der Waals surface area contributed by atoms with Crippen molar-refractivity contribution in [2.45, 2.75) is 13.1 Å². The number of hydrogen-bond acceptors (Lipinski definition) is 2. The van der Waals surface area contributed by atoms with Gasteiger partial charge in [-0.3, -0.25) is 9.13 Å². The number of rotatable bonds is 8. The first-order valence-electron chi connectivity index (χ1n) is 11.0. The monoisotopic (exact) mass is 524 g/mol. The van der Waals surface area contributed by atoms with Crippen molar-refractivity contribution in [3.8, 4) is 0 Å². The summed E-state index contributed by atoms with van der Waals surface area (Å²) in [5.74, 6) is 0. The van der Waals surface area contributed by atoms with Crippen molar-refractivity contribution in [3.63, 3.8) is 0 Å². The maximum absolute atomic E-state index is 11.3. The van der Waals surface area contributed by atoms with Crippen LogP contribution in [0.1, 0.15) is 22.3 Å². The van der Waals surface area contributed by atoms with Crippen molar-refractivity contribution >= 4 is 38.0 Å². The summed E-state index contributed by atoms with van der Waals surface area (Å²) in [6.45, 7) is 1.18. The highest BCUT2D eigenvalue weighted by atomic mass is 31.2. The van der Waals surface area contributed by atoms with E-state index in [9.17, 15) is 28.7 Å². The average Bonchev–Trinajstić information content (AvgIpc) is 2.84. The van der Waals surface area contributed by atoms with Crippen LogP contribution in [-0.4, -0.2) is 19.6 Å². The van der Waals surface area contributed by atoms with E-state index >= 15 is 0 Å². The Balaban J connectivity index is 1.34. The van der Waals surface area contributed by atoms with Crippen LogP contribution < -0.4 is 19.7 Å². The SMILES string of the molecule is O=P(O)(O)c1ccc(C[n+]2ccc(C=Cc3cc[n+](Cc4ccc(P(=O)(O)O)cc4)cc3)cc2)cc1. The molecule has 0 bridgehead atoms.